The van der Waals surface area contributed by atoms with E-state index in [2.05, 4.69) is 0 Å². The van der Waals surface area contributed by atoms with E-state index in [-0.39, 0.29) is 24.4 Å². The average molecular weight is 444 g/mol. The van der Waals surface area contributed by atoms with Gasteiger partial charge in [0, 0.05) is 25.7 Å². The number of hydrogen-bond acceptors (Lipinski definition) is 5. The number of amides is 2. The number of anilines is 2. The molecule has 0 N–H and O–H groups in total. The van der Waals surface area contributed by atoms with Crippen LogP contribution >= 0.6 is 0 Å². The van der Waals surface area contributed by atoms with Crippen LogP contribution in [0.1, 0.15) is 22.8 Å². The summed E-state index contributed by atoms with van der Waals surface area (Å²) < 4.78 is 31.6. The largest absolute Gasteiger partial charge is 0.476 e. The molecule has 2 aromatic rings. The summed E-state index contributed by atoms with van der Waals surface area (Å²) in [4.78, 5) is 29.0. The number of sulfonamides is 1. The minimum absolute atomic E-state index is 0.0931. The number of nitrogens with zero attached hydrogens (tertiary/aromatic N) is 3. The number of rotatable bonds is 3. The third-order valence-electron chi connectivity index (χ3n) is 5.57. The zero-order valence-corrected chi connectivity index (χ0v) is 18.7. The number of ether oxygens (including phenoxy) is 1. The zero-order valence-electron chi connectivity index (χ0n) is 17.9. The summed E-state index contributed by atoms with van der Waals surface area (Å²) in [6, 6.07) is 12.0. The maximum absolute atomic E-state index is 13.5. The first kappa shape index (κ1) is 21.2. The van der Waals surface area contributed by atoms with Crippen LogP contribution in [0.5, 0.6) is 5.75 Å². The smallest absolute Gasteiger partial charge is 0.265 e. The summed E-state index contributed by atoms with van der Waals surface area (Å²) in [5.41, 5.74) is 2.46. The number of carbonyl (C=O) groups excluding carboxylic acids is 2. The van der Waals surface area contributed by atoms with Gasteiger partial charge in [0.25, 0.3) is 11.8 Å². The number of fused-ring (bicyclic) bond motifs is 2. The Morgan fingerprint density at radius 1 is 1.10 bits per heavy atom. The van der Waals surface area contributed by atoms with Gasteiger partial charge < -0.3 is 14.5 Å². The molecule has 0 saturated carbocycles. The third-order valence-corrected chi connectivity index (χ3v) is 6.84. The van der Waals surface area contributed by atoms with E-state index in [0.29, 0.717) is 29.1 Å². The van der Waals surface area contributed by atoms with Gasteiger partial charge in [0.05, 0.1) is 24.2 Å². The molecule has 4 rings (SSSR count). The number of hydrogen-bond donors (Lipinski definition) is 0. The van der Waals surface area contributed by atoms with Gasteiger partial charge in [0.1, 0.15) is 5.75 Å². The highest BCUT2D eigenvalue weighted by Crippen LogP contribution is 2.37. The van der Waals surface area contributed by atoms with Crippen LogP contribution in [0.3, 0.4) is 0 Å². The Hall–Kier alpha value is -3.07. The summed E-state index contributed by atoms with van der Waals surface area (Å²) in [6.07, 6.45) is 0.916. The van der Waals surface area contributed by atoms with E-state index < -0.39 is 16.1 Å². The third kappa shape index (κ3) is 3.74. The van der Waals surface area contributed by atoms with E-state index in [1.165, 1.54) is 15.5 Å². The Morgan fingerprint density at radius 3 is 2.48 bits per heavy atom. The molecule has 0 radical (unpaired) electrons. The summed E-state index contributed by atoms with van der Waals surface area (Å²) in [5, 5.41) is 0. The molecule has 31 heavy (non-hydrogen) atoms. The van der Waals surface area contributed by atoms with Crippen molar-refractivity contribution in [2.45, 2.75) is 25.5 Å². The molecule has 164 valence electrons. The highest BCUT2D eigenvalue weighted by molar-refractivity contribution is 7.92. The molecule has 0 bridgehead atoms. The Labute approximate surface area is 182 Å². The fourth-order valence-electron chi connectivity index (χ4n) is 4.24. The van der Waals surface area contributed by atoms with Crippen LogP contribution in [-0.4, -0.2) is 64.2 Å². The first-order valence-corrected chi connectivity index (χ1v) is 11.8. The van der Waals surface area contributed by atoms with Crippen molar-refractivity contribution in [1.29, 1.82) is 0 Å². The van der Waals surface area contributed by atoms with Crippen molar-refractivity contribution in [3.8, 4) is 5.75 Å². The second-order valence-corrected chi connectivity index (χ2v) is 10.0. The minimum atomic E-state index is -3.40. The SMILES string of the molecule is C[C@@H]1Cc2cc(C(=O)N3C[C@H](C(=O)N(C)C)Oc4ccccc43)ccc2N1S(C)(=O)=O. The lowest BCUT2D eigenvalue weighted by Crippen LogP contribution is -2.50. The first-order valence-electron chi connectivity index (χ1n) is 9.99. The van der Waals surface area contributed by atoms with Crippen LogP contribution in [0.25, 0.3) is 0 Å². The van der Waals surface area contributed by atoms with Gasteiger partial charge in [-0.2, -0.15) is 0 Å². The molecule has 0 unspecified atom stereocenters. The van der Waals surface area contributed by atoms with Crippen molar-refractivity contribution < 1.29 is 22.7 Å². The van der Waals surface area contributed by atoms with Crippen LogP contribution < -0.4 is 13.9 Å². The highest BCUT2D eigenvalue weighted by atomic mass is 32.2. The van der Waals surface area contributed by atoms with Gasteiger partial charge in [0.15, 0.2) is 6.10 Å². The van der Waals surface area contributed by atoms with Crippen molar-refractivity contribution in [3.05, 3.63) is 53.6 Å². The predicted octanol–water partition coefficient (Wildman–Crippen LogP) is 1.89. The second kappa shape index (κ2) is 7.56. The van der Waals surface area contributed by atoms with Gasteiger partial charge in [-0.15, -0.1) is 0 Å². The van der Waals surface area contributed by atoms with E-state index in [4.69, 9.17) is 4.74 Å². The minimum Gasteiger partial charge on any atom is -0.476 e. The second-order valence-electron chi connectivity index (χ2n) is 8.18. The monoisotopic (exact) mass is 443 g/mol. The van der Waals surface area contributed by atoms with E-state index >= 15 is 0 Å². The van der Waals surface area contributed by atoms with Gasteiger partial charge in [-0.25, -0.2) is 8.42 Å². The topological polar surface area (TPSA) is 87.2 Å². The molecule has 0 fully saturated rings. The molecule has 2 aromatic carbocycles. The number of carbonyl (C=O) groups is 2. The lowest BCUT2D eigenvalue weighted by Gasteiger charge is -2.35. The predicted molar refractivity (Wildman–Crippen MR) is 118 cm³/mol. The van der Waals surface area contributed by atoms with E-state index in [1.54, 1.807) is 55.4 Å². The quantitative estimate of drug-likeness (QED) is 0.723. The van der Waals surface area contributed by atoms with E-state index in [1.807, 2.05) is 13.0 Å². The fourth-order valence-corrected chi connectivity index (χ4v) is 5.50. The first-order chi connectivity index (χ1) is 14.6. The van der Waals surface area contributed by atoms with E-state index in [0.717, 1.165) is 5.56 Å². The Bertz CT molecular complexity index is 1160. The molecule has 0 saturated heterocycles. The van der Waals surface area contributed by atoms with Gasteiger partial charge in [0.2, 0.25) is 10.0 Å². The summed E-state index contributed by atoms with van der Waals surface area (Å²) in [6.45, 7) is 1.94. The molecule has 2 atom stereocenters. The molecular formula is C22H25N3O5S. The highest BCUT2D eigenvalue weighted by Gasteiger charge is 2.36. The molecule has 2 heterocycles. The molecule has 0 aromatic heterocycles. The maximum Gasteiger partial charge on any atom is 0.265 e. The van der Waals surface area contributed by atoms with Gasteiger partial charge in [-0.1, -0.05) is 12.1 Å². The molecule has 2 aliphatic heterocycles. The van der Waals surface area contributed by atoms with Crippen LogP contribution in [0.2, 0.25) is 0 Å². The van der Waals surface area contributed by atoms with Crippen molar-refractivity contribution in [1.82, 2.24) is 4.90 Å². The van der Waals surface area contributed by atoms with Gasteiger partial charge >= 0.3 is 0 Å². The summed E-state index contributed by atoms with van der Waals surface area (Å²) >= 11 is 0. The molecule has 2 amide bonds. The fraction of sp³-hybridized carbons (Fsp3) is 0.364. The normalized spacial score (nSPS) is 20.0. The molecule has 0 spiro atoms. The van der Waals surface area contributed by atoms with Gasteiger partial charge in [-0.3, -0.25) is 13.9 Å². The number of para-hydroxylation sites is 2. The standard InChI is InChI=1S/C22H25N3O5S/c1-14-11-16-12-15(9-10-17(16)25(14)31(4,28)29)21(26)24-13-20(22(27)23(2)3)30-19-8-6-5-7-18(19)24/h5-10,12,14,20H,11,13H2,1-4H3/t14-,20-/m1/s1. The molecular weight excluding hydrogens is 418 g/mol. The van der Waals surface area contributed by atoms with Gasteiger partial charge in [-0.05, 0) is 49.2 Å². The van der Waals surface area contributed by atoms with Crippen LogP contribution in [-0.2, 0) is 21.2 Å². The number of likely N-dealkylation sites (N-methyl/N-ethyl adjacent to an activating group) is 1. The molecule has 2 aliphatic rings. The van der Waals surface area contributed by atoms with E-state index in [9.17, 15) is 18.0 Å². The Balaban J connectivity index is 1.70. The maximum atomic E-state index is 13.5. The lowest BCUT2D eigenvalue weighted by atomic mass is 10.0. The zero-order chi connectivity index (χ0) is 22.5. The van der Waals surface area contributed by atoms with Crippen molar-refractivity contribution >= 4 is 33.2 Å². The molecule has 8 nitrogen and oxygen atoms in total. The Morgan fingerprint density at radius 2 is 1.81 bits per heavy atom. The van der Waals surface area contributed by atoms with Crippen LogP contribution in [0.15, 0.2) is 42.5 Å². The summed E-state index contributed by atoms with van der Waals surface area (Å²) in [5.74, 6) is -0.0141. The summed E-state index contributed by atoms with van der Waals surface area (Å²) in [7, 11) is -0.112. The molecule has 0 aliphatic carbocycles. The van der Waals surface area contributed by atoms with Crippen molar-refractivity contribution in [3.63, 3.8) is 0 Å². The van der Waals surface area contributed by atoms with Crippen molar-refractivity contribution in [2.24, 2.45) is 0 Å². The lowest BCUT2D eigenvalue weighted by molar-refractivity contribution is -0.135. The van der Waals surface area contributed by atoms with Crippen LogP contribution in [0.4, 0.5) is 11.4 Å². The van der Waals surface area contributed by atoms with Crippen molar-refractivity contribution in [2.75, 3.05) is 36.1 Å². The molecule has 9 heteroatoms. The van der Waals surface area contributed by atoms with Crippen LogP contribution in [0, 0.1) is 0 Å². The Kier molecular flexibility index (Phi) is 5.17. The number of benzene rings is 2. The average Bonchev–Trinajstić information content (AvgIpc) is 3.06.